The molecule has 2 N–H and O–H groups in total. The molecule has 0 spiro atoms. The zero-order chi connectivity index (χ0) is 18.4. The molecule has 25 heavy (non-hydrogen) atoms. The molecule has 2 aromatic rings. The minimum Gasteiger partial charge on any atom is -0.375 e. The molecule has 1 aromatic heterocycles. The van der Waals surface area contributed by atoms with Crippen LogP contribution in [0.5, 0.6) is 0 Å². The molecule has 134 valence electrons. The number of hydrogen-bond acceptors (Lipinski definition) is 6. The first-order valence-corrected chi connectivity index (χ1v) is 9.66. The summed E-state index contributed by atoms with van der Waals surface area (Å²) >= 11 is 9.11. The van der Waals surface area contributed by atoms with Crippen LogP contribution in [0.4, 0.5) is 10.7 Å². The zero-order valence-electron chi connectivity index (χ0n) is 13.0. The average Bonchev–Trinajstić information content (AvgIpc) is 2.55. The summed E-state index contributed by atoms with van der Waals surface area (Å²) in [5.41, 5.74) is 0.515. The number of nitrogens with one attached hydrogen (secondary N) is 2. The second kappa shape index (κ2) is 8.56. The number of sulfonamides is 1. The maximum atomic E-state index is 12.2. The Morgan fingerprint density at radius 1 is 1.36 bits per heavy atom. The SMILES string of the molecule is CCOCc1nc(NC(=O)NS(=O)(=O)c2ccccc2Cl)ncc1Br. The van der Waals surface area contributed by atoms with E-state index >= 15 is 0 Å². The molecule has 0 unspecified atom stereocenters. The molecule has 1 aromatic carbocycles. The Morgan fingerprint density at radius 3 is 2.76 bits per heavy atom. The number of benzene rings is 1. The molecule has 11 heteroatoms. The van der Waals surface area contributed by atoms with Crippen LogP contribution in [0.2, 0.25) is 5.02 Å². The summed E-state index contributed by atoms with van der Waals surface area (Å²) in [6.45, 7) is 2.55. The number of halogens is 2. The van der Waals surface area contributed by atoms with Crippen molar-refractivity contribution in [3.8, 4) is 0 Å². The number of carbonyl (C=O) groups excluding carboxylic acids is 1. The molecule has 0 saturated heterocycles. The van der Waals surface area contributed by atoms with Crippen molar-refractivity contribution in [1.82, 2.24) is 14.7 Å². The van der Waals surface area contributed by atoms with Crippen LogP contribution in [0.25, 0.3) is 0 Å². The fraction of sp³-hybridized carbons (Fsp3) is 0.214. The van der Waals surface area contributed by atoms with Crippen LogP contribution < -0.4 is 10.0 Å². The number of urea groups is 1. The molecule has 0 saturated carbocycles. The predicted molar refractivity (Wildman–Crippen MR) is 95.9 cm³/mol. The lowest BCUT2D eigenvalue weighted by atomic mass is 10.4. The van der Waals surface area contributed by atoms with Crippen molar-refractivity contribution in [2.75, 3.05) is 11.9 Å². The predicted octanol–water partition coefficient (Wildman–Crippen LogP) is 2.94. The topological polar surface area (TPSA) is 110 Å². The maximum absolute atomic E-state index is 12.2. The van der Waals surface area contributed by atoms with Crippen molar-refractivity contribution in [2.45, 2.75) is 18.4 Å². The van der Waals surface area contributed by atoms with E-state index in [4.69, 9.17) is 16.3 Å². The monoisotopic (exact) mass is 448 g/mol. The van der Waals surface area contributed by atoms with Crippen LogP contribution in [0.1, 0.15) is 12.6 Å². The molecular weight excluding hydrogens is 436 g/mol. The van der Waals surface area contributed by atoms with E-state index < -0.39 is 16.1 Å². The van der Waals surface area contributed by atoms with Gasteiger partial charge in [-0.25, -0.2) is 27.9 Å². The molecule has 0 fully saturated rings. The Labute approximate surface area is 158 Å². The molecule has 0 radical (unpaired) electrons. The van der Waals surface area contributed by atoms with Gasteiger partial charge < -0.3 is 4.74 Å². The largest absolute Gasteiger partial charge is 0.375 e. The number of nitrogens with zero attached hydrogens (tertiary/aromatic N) is 2. The van der Waals surface area contributed by atoms with Crippen molar-refractivity contribution in [2.24, 2.45) is 0 Å². The normalized spacial score (nSPS) is 11.2. The van der Waals surface area contributed by atoms with Crippen LogP contribution in [0.15, 0.2) is 39.8 Å². The maximum Gasteiger partial charge on any atom is 0.335 e. The van der Waals surface area contributed by atoms with Crippen LogP contribution in [0.3, 0.4) is 0 Å². The summed E-state index contributed by atoms with van der Waals surface area (Å²) in [7, 11) is -4.13. The van der Waals surface area contributed by atoms with Gasteiger partial charge in [-0.05, 0) is 35.0 Å². The van der Waals surface area contributed by atoms with Gasteiger partial charge in [0.2, 0.25) is 5.95 Å². The van der Waals surface area contributed by atoms with Crippen LogP contribution in [0, 0.1) is 0 Å². The van der Waals surface area contributed by atoms with Gasteiger partial charge >= 0.3 is 6.03 Å². The second-order valence-corrected chi connectivity index (χ2v) is 7.53. The van der Waals surface area contributed by atoms with Gasteiger partial charge in [0.15, 0.2) is 0 Å². The molecule has 8 nitrogen and oxygen atoms in total. The van der Waals surface area contributed by atoms with Crippen molar-refractivity contribution < 1.29 is 17.9 Å². The third kappa shape index (κ3) is 5.36. The van der Waals surface area contributed by atoms with Crippen LogP contribution in [-0.4, -0.2) is 31.0 Å². The number of carbonyl (C=O) groups is 1. The van der Waals surface area contributed by atoms with Crippen molar-refractivity contribution in [1.29, 1.82) is 0 Å². The van der Waals surface area contributed by atoms with Gasteiger partial charge in [-0.2, -0.15) is 0 Å². The van der Waals surface area contributed by atoms with Gasteiger partial charge in [-0.3, -0.25) is 5.32 Å². The van der Waals surface area contributed by atoms with Crippen LogP contribution >= 0.6 is 27.5 Å². The zero-order valence-corrected chi connectivity index (χ0v) is 16.2. The van der Waals surface area contributed by atoms with Gasteiger partial charge in [0.05, 0.1) is 21.8 Å². The Bertz CT molecular complexity index is 879. The Balaban J connectivity index is 2.11. The highest BCUT2D eigenvalue weighted by Crippen LogP contribution is 2.20. The van der Waals surface area contributed by atoms with Gasteiger partial charge in [0, 0.05) is 12.8 Å². The molecule has 1 heterocycles. The minimum atomic E-state index is -4.13. The number of anilines is 1. The summed E-state index contributed by atoms with van der Waals surface area (Å²) < 4.78 is 32.1. The highest BCUT2D eigenvalue weighted by Gasteiger charge is 2.21. The lowest BCUT2D eigenvalue weighted by molar-refractivity contribution is 0.131. The van der Waals surface area contributed by atoms with E-state index in [1.807, 2.05) is 11.6 Å². The number of hydrogen-bond donors (Lipinski definition) is 2. The Morgan fingerprint density at radius 2 is 2.08 bits per heavy atom. The quantitative estimate of drug-likeness (QED) is 0.701. The first-order chi connectivity index (χ1) is 11.8. The first-order valence-electron chi connectivity index (χ1n) is 7.01. The van der Waals surface area contributed by atoms with Gasteiger partial charge in [-0.1, -0.05) is 23.7 Å². The third-order valence-electron chi connectivity index (χ3n) is 2.84. The summed E-state index contributed by atoms with van der Waals surface area (Å²) in [6, 6.07) is 4.76. The smallest absolute Gasteiger partial charge is 0.335 e. The van der Waals surface area contributed by atoms with E-state index in [-0.39, 0.29) is 22.5 Å². The lowest BCUT2D eigenvalue weighted by Gasteiger charge is -2.10. The van der Waals surface area contributed by atoms with E-state index in [2.05, 4.69) is 31.2 Å². The summed E-state index contributed by atoms with van der Waals surface area (Å²) in [5, 5.41) is 2.26. The van der Waals surface area contributed by atoms with E-state index in [0.29, 0.717) is 16.8 Å². The minimum absolute atomic E-state index is 0.00157. The van der Waals surface area contributed by atoms with Crippen molar-refractivity contribution in [3.63, 3.8) is 0 Å². The standard InChI is InChI=1S/C14H14BrClN4O4S/c1-2-24-8-11-9(15)7-17-13(18-11)19-14(21)20-25(22,23)12-6-4-3-5-10(12)16/h3-7H,2,8H2,1H3,(H2,17,18,19,20,21). The van der Waals surface area contributed by atoms with Gasteiger partial charge in [0.1, 0.15) is 4.90 Å². The van der Waals surface area contributed by atoms with E-state index in [1.165, 1.54) is 24.4 Å². The lowest BCUT2D eigenvalue weighted by Crippen LogP contribution is -2.35. The van der Waals surface area contributed by atoms with Gasteiger partial charge in [0.25, 0.3) is 10.0 Å². The van der Waals surface area contributed by atoms with E-state index in [9.17, 15) is 13.2 Å². The number of ether oxygens (including phenoxy) is 1. The van der Waals surface area contributed by atoms with Crippen molar-refractivity contribution >= 4 is 49.5 Å². The molecular formula is C14H14BrClN4O4S. The molecule has 0 aliphatic rings. The molecule has 0 aliphatic heterocycles. The molecule has 0 atom stereocenters. The fourth-order valence-electron chi connectivity index (χ4n) is 1.73. The van der Waals surface area contributed by atoms with Gasteiger partial charge in [-0.15, -0.1) is 0 Å². The molecule has 0 aliphatic carbocycles. The summed E-state index contributed by atoms with van der Waals surface area (Å²) in [6.07, 6.45) is 1.43. The number of rotatable bonds is 6. The Hall–Kier alpha value is -1.75. The molecule has 2 rings (SSSR count). The highest BCUT2D eigenvalue weighted by atomic mass is 79.9. The Kier molecular flexibility index (Phi) is 6.71. The second-order valence-electron chi connectivity index (χ2n) is 4.62. The fourth-order valence-corrected chi connectivity index (χ4v) is 3.46. The first kappa shape index (κ1) is 19.6. The average molecular weight is 450 g/mol. The van der Waals surface area contributed by atoms with Crippen LogP contribution in [-0.2, 0) is 21.4 Å². The summed E-state index contributed by atoms with van der Waals surface area (Å²) in [4.78, 5) is 19.7. The third-order valence-corrected chi connectivity index (χ3v) is 5.33. The van der Waals surface area contributed by atoms with E-state index in [0.717, 1.165) is 0 Å². The van der Waals surface area contributed by atoms with Crippen molar-refractivity contribution in [3.05, 3.63) is 45.7 Å². The number of aromatic nitrogens is 2. The molecule has 2 amide bonds. The summed E-state index contributed by atoms with van der Waals surface area (Å²) in [5.74, 6) is -0.0650. The number of amides is 2. The highest BCUT2D eigenvalue weighted by molar-refractivity contribution is 9.10. The molecule has 0 bridgehead atoms. The van der Waals surface area contributed by atoms with E-state index in [1.54, 1.807) is 6.07 Å².